The highest BCUT2D eigenvalue weighted by molar-refractivity contribution is 9.09. The van der Waals surface area contributed by atoms with Gasteiger partial charge >= 0.3 is 0 Å². The number of hydrogen-bond donors (Lipinski definition) is 1. The molecular weight excluding hydrogens is 386 g/mol. The Morgan fingerprint density at radius 2 is 1.50 bits per heavy atom. The third-order valence-electron chi connectivity index (χ3n) is 1.71. The van der Waals surface area contributed by atoms with Crippen molar-refractivity contribution in [2.24, 2.45) is 0 Å². The molecule has 0 bridgehead atoms. The van der Waals surface area contributed by atoms with Gasteiger partial charge in [-0.1, -0.05) is 31.9 Å². The summed E-state index contributed by atoms with van der Waals surface area (Å²) >= 11 is 6.40. The summed E-state index contributed by atoms with van der Waals surface area (Å²) < 4.78 is 47.4. The van der Waals surface area contributed by atoms with Crippen molar-refractivity contribution in [2.75, 3.05) is 28.4 Å². The van der Waals surface area contributed by atoms with Crippen LogP contribution in [0.5, 0.6) is 0 Å². The number of sulfonamides is 1. The summed E-state index contributed by atoms with van der Waals surface area (Å²) in [5, 5.41) is 0.868. The highest BCUT2D eigenvalue weighted by Gasteiger charge is 2.28. The summed E-state index contributed by atoms with van der Waals surface area (Å²) in [7, 11) is -6.85. The van der Waals surface area contributed by atoms with Gasteiger partial charge in [0.05, 0.1) is 11.5 Å². The van der Waals surface area contributed by atoms with Gasteiger partial charge in [0, 0.05) is 22.5 Å². The minimum atomic E-state index is -3.59. The van der Waals surface area contributed by atoms with Crippen LogP contribution in [-0.4, -0.2) is 50.8 Å². The lowest BCUT2D eigenvalue weighted by Gasteiger charge is -2.25. The van der Waals surface area contributed by atoms with Crippen molar-refractivity contribution in [1.82, 2.24) is 4.72 Å². The van der Waals surface area contributed by atoms with Crippen molar-refractivity contribution in [3.8, 4) is 0 Å². The van der Waals surface area contributed by atoms with Crippen molar-refractivity contribution >= 4 is 51.7 Å². The van der Waals surface area contributed by atoms with E-state index in [-0.39, 0.29) is 5.75 Å². The zero-order valence-electron chi connectivity index (χ0n) is 9.03. The third-order valence-corrected chi connectivity index (χ3v) is 6.94. The lowest BCUT2D eigenvalue weighted by Crippen LogP contribution is -2.50. The molecule has 0 heterocycles. The van der Waals surface area contributed by atoms with E-state index in [4.69, 9.17) is 0 Å². The molecule has 0 radical (unpaired) electrons. The second kappa shape index (κ2) is 6.12. The minimum Gasteiger partial charge on any atom is -0.229 e. The molecule has 0 aromatic carbocycles. The zero-order chi connectivity index (χ0) is 13.0. The molecule has 0 amide bonds. The molecule has 0 aromatic heterocycles. The first-order valence-corrected chi connectivity index (χ1v) is 10.3. The Labute approximate surface area is 114 Å². The highest BCUT2D eigenvalue weighted by atomic mass is 79.9. The standard InChI is InChI=1S/C7H15Br2NO4S2/c1-7(5-8,6-9)10-16(13,14)4-3-15(2,11)12/h10H,3-6H2,1-2H3. The lowest BCUT2D eigenvalue weighted by molar-refractivity contribution is 0.509. The molecule has 5 nitrogen and oxygen atoms in total. The van der Waals surface area contributed by atoms with E-state index in [1.165, 1.54) is 0 Å². The van der Waals surface area contributed by atoms with Crippen LogP contribution in [0.4, 0.5) is 0 Å². The largest absolute Gasteiger partial charge is 0.229 e. The highest BCUT2D eigenvalue weighted by Crippen LogP contribution is 2.13. The van der Waals surface area contributed by atoms with Gasteiger partial charge in [0.25, 0.3) is 0 Å². The van der Waals surface area contributed by atoms with Crippen LogP contribution in [0.25, 0.3) is 0 Å². The maximum Gasteiger partial charge on any atom is 0.213 e. The Kier molecular flexibility index (Phi) is 6.44. The van der Waals surface area contributed by atoms with Crippen molar-refractivity contribution in [3.05, 3.63) is 0 Å². The van der Waals surface area contributed by atoms with Crippen LogP contribution in [0.1, 0.15) is 6.92 Å². The average Bonchev–Trinajstić information content (AvgIpc) is 2.13. The summed E-state index contributed by atoms with van der Waals surface area (Å²) in [4.78, 5) is 0. The van der Waals surface area contributed by atoms with Crippen LogP contribution >= 0.6 is 31.9 Å². The monoisotopic (exact) mass is 399 g/mol. The van der Waals surface area contributed by atoms with Crippen molar-refractivity contribution in [1.29, 1.82) is 0 Å². The van der Waals surface area contributed by atoms with Gasteiger partial charge in [-0.3, -0.25) is 0 Å². The Morgan fingerprint density at radius 3 is 1.81 bits per heavy atom. The maximum atomic E-state index is 11.6. The Balaban J connectivity index is 4.59. The second-order valence-electron chi connectivity index (χ2n) is 3.88. The molecule has 0 saturated carbocycles. The van der Waals surface area contributed by atoms with Gasteiger partial charge in [0.2, 0.25) is 10.0 Å². The molecule has 0 aromatic rings. The number of halogens is 2. The van der Waals surface area contributed by atoms with E-state index in [1.54, 1.807) is 6.92 Å². The van der Waals surface area contributed by atoms with Crippen LogP contribution in [0.15, 0.2) is 0 Å². The maximum absolute atomic E-state index is 11.6. The minimum absolute atomic E-state index is 0.372. The molecule has 0 rings (SSSR count). The zero-order valence-corrected chi connectivity index (χ0v) is 13.8. The van der Waals surface area contributed by atoms with Crippen LogP contribution in [0.2, 0.25) is 0 Å². The smallest absolute Gasteiger partial charge is 0.213 e. The fraction of sp³-hybridized carbons (Fsp3) is 1.00. The molecule has 0 fully saturated rings. The number of rotatable bonds is 7. The van der Waals surface area contributed by atoms with Crippen LogP contribution < -0.4 is 4.72 Å². The molecule has 0 saturated heterocycles. The molecule has 9 heteroatoms. The van der Waals surface area contributed by atoms with E-state index in [1.807, 2.05) is 0 Å². The summed E-state index contributed by atoms with van der Waals surface area (Å²) in [5.74, 6) is -0.787. The summed E-state index contributed by atoms with van der Waals surface area (Å²) in [5.41, 5.74) is -0.656. The predicted molar refractivity (Wildman–Crippen MR) is 72.6 cm³/mol. The molecule has 1 N–H and O–H groups in total. The van der Waals surface area contributed by atoms with Gasteiger partial charge in [0.15, 0.2) is 0 Å². The van der Waals surface area contributed by atoms with E-state index in [0.717, 1.165) is 6.26 Å². The molecule has 0 aliphatic heterocycles. The number of sulfone groups is 1. The average molecular weight is 401 g/mol. The van der Waals surface area contributed by atoms with Gasteiger partial charge < -0.3 is 0 Å². The topological polar surface area (TPSA) is 80.3 Å². The number of alkyl halides is 2. The number of nitrogens with one attached hydrogen (secondary N) is 1. The molecule has 16 heavy (non-hydrogen) atoms. The molecule has 0 aliphatic carbocycles. The molecule has 0 aliphatic rings. The van der Waals surface area contributed by atoms with Gasteiger partial charge in [-0.05, 0) is 6.92 Å². The fourth-order valence-electron chi connectivity index (χ4n) is 0.778. The first-order chi connectivity index (χ1) is 7.04. The summed E-state index contributed by atoms with van der Waals surface area (Å²) in [6, 6.07) is 0. The summed E-state index contributed by atoms with van der Waals surface area (Å²) in [6.07, 6.45) is 1.01. The van der Waals surface area contributed by atoms with E-state index in [0.29, 0.717) is 10.7 Å². The van der Waals surface area contributed by atoms with Crippen molar-refractivity contribution in [2.45, 2.75) is 12.5 Å². The van der Waals surface area contributed by atoms with E-state index in [2.05, 4.69) is 36.6 Å². The SMILES string of the molecule is CC(CBr)(CBr)NS(=O)(=O)CCS(C)(=O)=O. The second-order valence-corrected chi connectivity index (χ2v) is 9.10. The van der Waals surface area contributed by atoms with Crippen molar-refractivity contribution < 1.29 is 16.8 Å². The first kappa shape index (κ1) is 16.8. The Bertz CT molecular complexity index is 414. The third kappa shape index (κ3) is 7.21. The molecule has 0 unspecified atom stereocenters. The molecule has 0 atom stereocenters. The predicted octanol–water partition coefficient (Wildman–Crippen LogP) is 0.499. The van der Waals surface area contributed by atoms with Crippen molar-refractivity contribution in [3.63, 3.8) is 0 Å². The van der Waals surface area contributed by atoms with E-state index >= 15 is 0 Å². The quantitative estimate of drug-likeness (QED) is 0.631. The van der Waals surface area contributed by atoms with Gasteiger partial charge in [-0.25, -0.2) is 21.6 Å². The van der Waals surface area contributed by atoms with Gasteiger partial charge in [-0.15, -0.1) is 0 Å². The van der Waals surface area contributed by atoms with Gasteiger partial charge in [-0.2, -0.15) is 0 Å². The first-order valence-electron chi connectivity index (χ1n) is 4.35. The molecule has 0 spiro atoms. The number of hydrogen-bond acceptors (Lipinski definition) is 4. The summed E-state index contributed by atoms with van der Waals surface area (Å²) in [6.45, 7) is 1.72. The normalized spacial score (nSPS) is 14.0. The molecular formula is C7H15Br2NO4S2. The Morgan fingerprint density at radius 1 is 1.06 bits per heavy atom. The van der Waals surface area contributed by atoms with Crippen LogP contribution in [0.3, 0.4) is 0 Å². The van der Waals surface area contributed by atoms with Crippen LogP contribution in [-0.2, 0) is 19.9 Å². The Hall–Kier alpha value is 0.820. The van der Waals surface area contributed by atoms with E-state index in [9.17, 15) is 16.8 Å². The van der Waals surface area contributed by atoms with Crippen LogP contribution in [0, 0.1) is 0 Å². The molecule has 98 valence electrons. The lowest BCUT2D eigenvalue weighted by atomic mass is 10.1. The van der Waals surface area contributed by atoms with Gasteiger partial charge in [0.1, 0.15) is 9.84 Å². The fourth-order valence-corrected chi connectivity index (χ4v) is 5.44. The van der Waals surface area contributed by atoms with E-state index < -0.39 is 31.2 Å².